The van der Waals surface area contributed by atoms with Crippen molar-refractivity contribution in [1.82, 2.24) is 14.3 Å². The van der Waals surface area contributed by atoms with Crippen molar-refractivity contribution in [3.8, 4) is 28.1 Å². The Morgan fingerprint density at radius 1 is 0.848 bits per heavy atom. The molecule has 0 amide bonds. The Morgan fingerprint density at radius 3 is 2.22 bits per heavy atom. The van der Waals surface area contributed by atoms with Crippen molar-refractivity contribution in [2.45, 2.75) is 44.4 Å². The third kappa shape index (κ3) is 6.00. The molecule has 0 saturated heterocycles. The van der Waals surface area contributed by atoms with E-state index in [1.54, 1.807) is 35.0 Å². The van der Waals surface area contributed by atoms with Gasteiger partial charge in [-0.15, -0.1) is 0 Å². The van der Waals surface area contributed by atoms with E-state index in [0.717, 1.165) is 33.3 Å². The molecule has 5 aromatic rings. The lowest BCUT2D eigenvalue weighted by molar-refractivity contribution is 0.392. The summed E-state index contributed by atoms with van der Waals surface area (Å²) in [5, 5.41) is 9.78. The van der Waals surface area contributed by atoms with Crippen LogP contribution in [0.3, 0.4) is 0 Å². The SMILES string of the molecule is O=S1(=O)NC(O)=CN1c1cccc(-n2cc(-c3ccc(F)cc3F)nc2Cc2ccc(-c3ccc(C4CCCCC4)cc3)cc2)c1. The minimum absolute atomic E-state index is 0.142. The first-order valence-corrected chi connectivity index (χ1v) is 16.7. The van der Waals surface area contributed by atoms with Gasteiger partial charge < -0.3 is 9.67 Å². The molecule has 0 spiro atoms. The van der Waals surface area contributed by atoms with Gasteiger partial charge in [-0.25, -0.2) is 22.8 Å². The fraction of sp³-hybridized carbons (Fsp3) is 0.194. The zero-order chi connectivity index (χ0) is 31.8. The van der Waals surface area contributed by atoms with E-state index in [0.29, 0.717) is 29.5 Å². The van der Waals surface area contributed by atoms with Crippen LogP contribution in [-0.2, 0) is 16.6 Å². The monoisotopic (exact) mass is 638 g/mol. The Balaban J connectivity index is 1.20. The normalized spacial score (nSPS) is 16.3. The molecule has 234 valence electrons. The third-order valence-electron chi connectivity index (χ3n) is 8.72. The van der Waals surface area contributed by atoms with Crippen LogP contribution in [-0.4, -0.2) is 23.1 Å². The maximum atomic E-state index is 14.8. The molecule has 7 rings (SSSR count). The summed E-state index contributed by atoms with van der Waals surface area (Å²) in [6, 6.07) is 27.1. The number of nitrogens with zero attached hydrogens (tertiary/aromatic N) is 3. The van der Waals surface area contributed by atoms with Crippen LogP contribution in [0.1, 0.15) is 55.0 Å². The van der Waals surface area contributed by atoms with Crippen molar-refractivity contribution in [2.75, 3.05) is 4.31 Å². The summed E-state index contributed by atoms with van der Waals surface area (Å²) in [6.07, 6.45) is 9.58. The molecule has 7 nitrogen and oxygen atoms in total. The maximum absolute atomic E-state index is 14.8. The zero-order valence-electron chi connectivity index (χ0n) is 24.9. The van der Waals surface area contributed by atoms with E-state index < -0.39 is 27.7 Å². The van der Waals surface area contributed by atoms with Crippen molar-refractivity contribution in [2.24, 2.45) is 0 Å². The summed E-state index contributed by atoms with van der Waals surface area (Å²) in [7, 11) is -4.00. The van der Waals surface area contributed by atoms with Crippen LogP contribution in [0.5, 0.6) is 0 Å². The van der Waals surface area contributed by atoms with E-state index in [1.165, 1.54) is 49.8 Å². The number of aliphatic hydroxyl groups is 1. The van der Waals surface area contributed by atoms with Crippen LogP contribution in [0.25, 0.3) is 28.1 Å². The highest BCUT2D eigenvalue weighted by atomic mass is 32.2. The summed E-state index contributed by atoms with van der Waals surface area (Å²) in [5.41, 5.74) is 5.92. The van der Waals surface area contributed by atoms with Crippen molar-refractivity contribution < 1.29 is 22.3 Å². The molecular formula is C36H32F2N4O3S. The molecule has 10 heteroatoms. The highest BCUT2D eigenvalue weighted by Gasteiger charge is 2.29. The molecule has 1 aliphatic carbocycles. The number of imidazole rings is 1. The minimum Gasteiger partial charge on any atom is -0.493 e. The van der Waals surface area contributed by atoms with Gasteiger partial charge in [0.15, 0.2) is 0 Å². The number of hydrogen-bond acceptors (Lipinski definition) is 4. The summed E-state index contributed by atoms with van der Waals surface area (Å²) in [6.45, 7) is 0. The third-order valence-corrected chi connectivity index (χ3v) is 10.0. The number of nitrogens with one attached hydrogen (secondary N) is 1. The number of anilines is 1. The van der Waals surface area contributed by atoms with Crippen LogP contribution in [0, 0.1) is 11.6 Å². The largest absolute Gasteiger partial charge is 0.493 e. The number of rotatable bonds is 7. The van der Waals surface area contributed by atoms with Gasteiger partial charge >= 0.3 is 10.2 Å². The predicted octanol–water partition coefficient (Wildman–Crippen LogP) is 8.13. The van der Waals surface area contributed by atoms with Gasteiger partial charge in [0.2, 0.25) is 5.88 Å². The van der Waals surface area contributed by atoms with E-state index in [-0.39, 0.29) is 11.3 Å². The van der Waals surface area contributed by atoms with E-state index in [4.69, 9.17) is 4.98 Å². The molecule has 1 aromatic heterocycles. The Labute approximate surface area is 266 Å². The predicted molar refractivity (Wildman–Crippen MR) is 175 cm³/mol. The second kappa shape index (κ2) is 12.1. The molecule has 46 heavy (non-hydrogen) atoms. The topological polar surface area (TPSA) is 87.5 Å². The molecule has 0 unspecified atom stereocenters. The maximum Gasteiger partial charge on any atom is 0.330 e. The van der Waals surface area contributed by atoms with Crippen LogP contribution in [0.15, 0.2) is 109 Å². The summed E-state index contributed by atoms with van der Waals surface area (Å²) in [4.78, 5) is 4.75. The highest BCUT2D eigenvalue weighted by molar-refractivity contribution is 7.91. The molecule has 2 N–H and O–H groups in total. The average Bonchev–Trinajstić information content (AvgIpc) is 3.60. The second-order valence-electron chi connectivity index (χ2n) is 11.8. The smallest absolute Gasteiger partial charge is 0.330 e. The van der Waals surface area contributed by atoms with Gasteiger partial charge in [-0.3, -0.25) is 0 Å². The van der Waals surface area contributed by atoms with Crippen LogP contribution < -0.4 is 9.03 Å². The van der Waals surface area contributed by atoms with Crippen LogP contribution in [0.4, 0.5) is 14.5 Å². The van der Waals surface area contributed by atoms with Gasteiger partial charge in [-0.05, 0) is 71.3 Å². The number of hydrogen-bond donors (Lipinski definition) is 2. The standard InChI is InChI=1S/C36H32F2N4O3S/c37-29-17-18-32(33(38)20-29)34-22-41(30-7-4-8-31(21-30)42-23-36(43)40-46(42,44)45)35(39-34)19-24-9-11-26(12-10-24)28-15-13-27(14-16-28)25-5-2-1-3-6-25/h4,7-18,20-23,25,40,43H,1-3,5-6,19H2. The lowest BCUT2D eigenvalue weighted by Crippen LogP contribution is -2.29. The molecule has 1 aliphatic heterocycles. The van der Waals surface area contributed by atoms with Gasteiger partial charge in [0.1, 0.15) is 17.5 Å². The molecule has 1 saturated carbocycles. The van der Waals surface area contributed by atoms with Gasteiger partial charge in [0.05, 0.1) is 17.6 Å². The number of aromatic nitrogens is 2. The first-order chi connectivity index (χ1) is 22.2. The van der Waals surface area contributed by atoms with Crippen molar-refractivity contribution in [3.05, 3.63) is 138 Å². The quantitative estimate of drug-likeness (QED) is 0.188. The molecule has 4 aromatic carbocycles. The van der Waals surface area contributed by atoms with Crippen LogP contribution >= 0.6 is 0 Å². The van der Waals surface area contributed by atoms with Gasteiger partial charge in [-0.2, -0.15) is 8.42 Å². The van der Waals surface area contributed by atoms with Crippen molar-refractivity contribution in [1.29, 1.82) is 0 Å². The Morgan fingerprint density at radius 2 is 1.54 bits per heavy atom. The molecular weight excluding hydrogens is 606 g/mol. The summed E-state index contributed by atoms with van der Waals surface area (Å²) < 4.78 is 58.3. The summed E-state index contributed by atoms with van der Waals surface area (Å²) in [5.74, 6) is -0.691. The molecule has 0 radical (unpaired) electrons. The minimum atomic E-state index is -4.00. The lowest BCUT2D eigenvalue weighted by atomic mass is 9.83. The lowest BCUT2D eigenvalue weighted by Gasteiger charge is -2.22. The van der Waals surface area contributed by atoms with E-state index in [2.05, 4.69) is 36.4 Å². The summed E-state index contributed by atoms with van der Waals surface area (Å²) >= 11 is 0. The van der Waals surface area contributed by atoms with E-state index in [1.807, 2.05) is 16.9 Å². The second-order valence-corrected chi connectivity index (χ2v) is 13.4. The number of halogens is 2. The number of benzene rings is 4. The molecule has 0 bridgehead atoms. The fourth-order valence-electron chi connectivity index (χ4n) is 6.36. The zero-order valence-corrected chi connectivity index (χ0v) is 25.7. The molecule has 2 heterocycles. The van der Waals surface area contributed by atoms with Gasteiger partial charge in [0, 0.05) is 29.9 Å². The Bertz CT molecular complexity index is 2030. The van der Waals surface area contributed by atoms with Crippen molar-refractivity contribution >= 4 is 15.9 Å². The first-order valence-electron chi connectivity index (χ1n) is 15.3. The van der Waals surface area contributed by atoms with Gasteiger partial charge in [0.25, 0.3) is 0 Å². The highest BCUT2D eigenvalue weighted by Crippen LogP contribution is 2.34. The van der Waals surface area contributed by atoms with E-state index in [9.17, 15) is 22.3 Å². The average molecular weight is 639 g/mol. The Kier molecular flexibility index (Phi) is 7.82. The van der Waals surface area contributed by atoms with Gasteiger partial charge in [-0.1, -0.05) is 73.9 Å². The first kappa shape index (κ1) is 29.7. The molecule has 2 aliphatic rings. The van der Waals surface area contributed by atoms with E-state index >= 15 is 0 Å². The fourth-order valence-corrected chi connectivity index (χ4v) is 7.40. The van der Waals surface area contributed by atoms with Crippen LogP contribution in [0.2, 0.25) is 0 Å². The van der Waals surface area contributed by atoms with Crippen molar-refractivity contribution in [3.63, 3.8) is 0 Å². The molecule has 0 atom stereocenters. The molecule has 1 fully saturated rings. The Hall–Kier alpha value is -4.96. The number of aliphatic hydroxyl groups excluding tert-OH is 1.